The number of rotatable bonds is 6. The highest BCUT2D eigenvalue weighted by molar-refractivity contribution is 7.92. The van der Waals surface area contributed by atoms with Crippen LogP contribution < -0.4 is 10.0 Å². The number of anilines is 1. The molecule has 1 aromatic rings. The molecule has 7 nitrogen and oxygen atoms in total. The molecule has 0 aromatic heterocycles. The fourth-order valence-corrected chi connectivity index (χ4v) is 4.91. The third kappa shape index (κ3) is 5.00. The van der Waals surface area contributed by atoms with E-state index in [0.29, 0.717) is 38.0 Å². The molecule has 8 heteroatoms. The third-order valence-corrected chi connectivity index (χ3v) is 6.16. The van der Waals surface area contributed by atoms with Gasteiger partial charge in [0.1, 0.15) is 6.04 Å². The monoisotopic (exact) mass is 395 g/mol. The topological polar surface area (TPSA) is 101 Å². The van der Waals surface area contributed by atoms with E-state index >= 15 is 0 Å². The highest BCUT2D eigenvalue weighted by Gasteiger charge is 2.36. The standard InChI is InChI=1S/C19H29N3O4S/c1-5-17(19(24)21-8-6-15(7-9-21)18(20)23)22(27(4,25)26)16-11-13(2)10-14(3)12-16/h10-12,15,17H,5-9H2,1-4H3,(H2,20,23)/t17-/m1/s1. The molecule has 0 bridgehead atoms. The highest BCUT2D eigenvalue weighted by atomic mass is 32.2. The first-order valence-corrected chi connectivity index (χ1v) is 11.0. The number of primary amides is 1. The summed E-state index contributed by atoms with van der Waals surface area (Å²) in [4.78, 5) is 26.1. The smallest absolute Gasteiger partial charge is 0.246 e. The van der Waals surface area contributed by atoms with Gasteiger partial charge in [0.05, 0.1) is 11.9 Å². The summed E-state index contributed by atoms with van der Waals surface area (Å²) in [6, 6.07) is 4.71. The van der Waals surface area contributed by atoms with Gasteiger partial charge in [0.2, 0.25) is 21.8 Å². The lowest BCUT2D eigenvalue weighted by Crippen LogP contribution is -2.53. The molecule has 150 valence electrons. The molecule has 1 aliphatic rings. The zero-order valence-corrected chi connectivity index (χ0v) is 17.3. The molecule has 1 heterocycles. The molecule has 0 aliphatic carbocycles. The maximum atomic E-state index is 13.1. The van der Waals surface area contributed by atoms with Gasteiger partial charge in [0, 0.05) is 19.0 Å². The molecule has 0 unspecified atom stereocenters. The van der Waals surface area contributed by atoms with Crippen molar-refractivity contribution in [3.8, 4) is 0 Å². The first kappa shape index (κ1) is 21.2. The van der Waals surface area contributed by atoms with Gasteiger partial charge in [0.25, 0.3) is 0 Å². The van der Waals surface area contributed by atoms with Crippen molar-refractivity contribution in [2.24, 2.45) is 11.7 Å². The second kappa shape index (κ2) is 8.29. The number of piperidine rings is 1. The Kier molecular flexibility index (Phi) is 6.51. The van der Waals surface area contributed by atoms with E-state index in [-0.39, 0.29) is 17.7 Å². The number of sulfonamides is 1. The summed E-state index contributed by atoms with van der Waals surface area (Å²) in [6.45, 7) is 6.42. The van der Waals surface area contributed by atoms with E-state index in [2.05, 4.69) is 0 Å². The molecule has 0 saturated carbocycles. The van der Waals surface area contributed by atoms with Crippen LogP contribution in [0.15, 0.2) is 18.2 Å². The van der Waals surface area contributed by atoms with Crippen LogP contribution in [-0.2, 0) is 19.6 Å². The first-order chi connectivity index (χ1) is 12.5. The predicted octanol–water partition coefficient (Wildman–Crippen LogP) is 1.57. The molecular weight excluding hydrogens is 366 g/mol. The van der Waals surface area contributed by atoms with Crippen LogP contribution in [0.4, 0.5) is 5.69 Å². The van der Waals surface area contributed by atoms with E-state index in [1.807, 2.05) is 19.9 Å². The van der Waals surface area contributed by atoms with E-state index in [0.717, 1.165) is 17.4 Å². The lowest BCUT2D eigenvalue weighted by molar-refractivity contribution is -0.135. The van der Waals surface area contributed by atoms with E-state index in [1.165, 1.54) is 4.31 Å². The van der Waals surface area contributed by atoms with Crippen molar-refractivity contribution in [1.82, 2.24) is 4.90 Å². The van der Waals surface area contributed by atoms with Crippen LogP contribution in [0.25, 0.3) is 0 Å². The van der Waals surface area contributed by atoms with Gasteiger partial charge in [-0.15, -0.1) is 0 Å². The minimum Gasteiger partial charge on any atom is -0.369 e. The zero-order valence-electron chi connectivity index (χ0n) is 16.4. The third-order valence-electron chi connectivity index (χ3n) is 4.98. The van der Waals surface area contributed by atoms with Gasteiger partial charge in [0.15, 0.2) is 0 Å². The number of benzene rings is 1. The van der Waals surface area contributed by atoms with Gasteiger partial charge in [-0.05, 0) is 56.4 Å². The molecule has 2 N–H and O–H groups in total. The normalized spacial score (nSPS) is 16.8. The van der Waals surface area contributed by atoms with Crippen LogP contribution in [-0.4, -0.2) is 50.5 Å². The van der Waals surface area contributed by atoms with E-state index in [1.54, 1.807) is 24.0 Å². The molecule has 27 heavy (non-hydrogen) atoms. The number of amides is 2. The van der Waals surface area contributed by atoms with Crippen molar-refractivity contribution >= 4 is 27.5 Å². The minimum absolute atomic E-state index is 0.223. The summed E-state index contributed by atoms with van der Waals surface area (Å²) >= 11 is 0. The molecule has 1 fully saturated rings. The maximum Gasteiger partial charge on any atom is 0.246 e. The fraction of sp³-hybridized carbons (Fsp3) is 0.579. The van der Waals surface area contributed by atoms with Gasteiger partial charge >= 0.3 is 0 Å². The van der Waals surface area contributed by atoms with Crippen molar-refractivity contribution in [2.45, 2.75) is 46.1 Å². The number of nitrogens with two attached hydrogens (primary N) is 1. The number of nitrogens with zero attached hydrogens (tertiary/aromatic N) is 2. The molecule has 0 spiro atoms. The largest absolute Gasteiger partial charge is 0.369 e. The van der Waals surface area contributed by atoms with Crippen molar-refractivity contribution in [3.05, 3.63) is 29.3 Å². The van der Waals surface area contributed by atoms with Crippen molar-refractivity contribution in [1.29, 1.82) is 0 Å². The molecule has 1 atom stereocenters. The number of likely N-dealkylation sites (tertiary alicyclic amines) is 1. The average Bonchev–Trinajstić information content (AvgIpc) is 2.56. The van der Waals surface area contributed by atoms with E-state index < -0.39 is 16.1 Å². The number of carbonyl (C=O) groups is 2. The number of hydrogen-bond donors (Lipinski definition) is 1. The molecular formula is C19H29N3O4S. The second-order valence-corrected chi connectivity index (χ2v) is 9.19. The summed E-state index contributed by atoms with van der Waals surface area (Å²) in [6.07, 6.45) is 2.51. The van der Waals surface area contributed by atoms with Crippen LogP contribution >= 0.6 is 0 Å². The Morgan fingerprint density at radius 1 is 1.19 bits per heavy atom. The molecule has 0 radical (unpaired) electrons. The quantitative estimate of drug-likeness (QED) is 0.790. The summed E-state index contributed by atoms with van der Waals surface area (Å²) in [5.41, 5.74) is 7.72. The van der Waals surface area contributed by atoms with Crippen molar-refractivity contribution in [3.63, 3.8) is 0 Å². The van der Waals surface area contributed by atoms with Crippen LogP contribution in [0.3, 0.4) is 0 Å². The Labute approximate surface area is 161 Å². The Hall–Kier alpha value is -2.09. The first-order valence-electron chi connectivity index (χ1n) is 9.20. The highest BCUT2D eigenvalue weighted by Crippen LogP contribution is 2.27. The Morgan fingerprint density at radius 3 is 2.11 bits per heavy atom. The molecule has 1 aliphatic heterocycles. The lowest BCUT2D eigenvalue weighted by atomic mass is 9.95. The SMILES string of the molecule is CC[C@H](C(=O)N1CCC(C(N)=O)CC1)N(c1cc(C)cc(C)c1)S(C)(=O)=O. The minimum atomic E-state index is -3.66. The predicted molar refractivity (Wildman–Crippen MR) is 106 cm³/mol. The van der Waals surface area contributed by atoms with E-state index in [9.17, 15) is 18.0 Å². The second-order valence-electron chi connectivity index (χ2n) is 7.33. The summed E-state index contributed by atoms with van der Waals surface area (Å²) in [5, 5.41) is 0. The molecule has 1 saturated heterocycles. The van der Waals surface area contributed by atoms with Crippen LogP contribution in [0.2, 0.25) is 0 Å². The Balaban J connectivity index is 2.33. The summed E-state index contributed by atoms with van der Waals surface area (Å²) < 4.78 is 26.4. The summed E-state index contributed by atoms with van der Waals surface area (Å²) in [7, 11) is -3.66. The maximum absolute atomic E-state index is 13.1. The Morgan fingerprint density at radius 2 is 1.70 bits per heavy atom. The number of carbonyl (C=O) groups excluding carboxylic acids is 2. The van der Waals surface area contributed by atoms with Crippen LogP contribution in [0.1, 0.15) is 37.3 Å². The fourth-order valence-electron chi connectivity index (χ4n) is 3.72. The van der Waals surface area contributed by atoms with Gasteiger partial charge in [-0.1, -0.05) is 13.0 Å². The van der Waals surface area contributed by atoms with Gasteiger partial charge in [-0.3, -0.25) is 13.9 Å². The number of hydrogen-bond acceptors (Lipinski definition) is 4. The summed E-state index contributed by atoms with van der Waals surface area (Å²) in [5.74, 6) is -0.799. The van der Waals surface area contributed by atoms with Crippen molar-refractivity contribution in [2.75, 3.05) is 23.7 Å². The molecule has 2 rings (SSSR count). The van der Waals surface area contributed by atoms with Crippen LogP contribution in [0.5, 0.6) is 0 Å². The van der Waals surface area contributed by atoms with Gasteiger partial charge in [-0.25, -0.2) is 8.42 Å². The molecule has 1 aromatic carbocycles. The Bertz CT molecular complexity index is 794. The molecule has 2 amide bonds. The lowest BCUT2D eigenvalue weighted by Gasteiger charge is -2.37. The van der Waals surface area contributed by atoms with Crippen molar-refractivity contribution < 1.29 is 18.0 Å². The van der Waals surface area contributed by atoms with Gasteiger partial charge in [-0.2, -0.15) is 0 Å². The average molecular weight is 396 g/mol. The zero-order chi connectivity index (χ0) is 20.4. The van der Waals surface area contributed by atoms with Gasteiger partial charge < -0.3 is 10.6 Å². The van der Waals surface area contributed by atoms with E-state index in [4.69, 9.17) is 5.73 Å². The number of aryl methyl sites for hydroxylation is 2. The van der Waals surface area contributed by atoms with Crippen LogP contribution in [0, 0.1) is 19.8 Å².